The van der Waals surface area contributed by atoms with Crippen LogP contribution in [0.15, 0.2) is 48.5 Å². The number of benzene rings is 2. The number of halogens is 1. The molecule has 5 heteroatoms. The molecule has 1 amide bonds. The summed E-state index contributed by atoms with van der Waals surface area (Å²) in [6.45, 7) is 0.811. The molecule has 0 saturated heterocycles. The van der Waals surface area contributed by atoms with Crippen molar-refractivity contribution < 1.29 is 19.0 Å². The summed E-state index contributed by atoms with van der Waals surface area (Å²) < 4.78 is 19.0. The van der Waals surface area contributed by atoms with Crippen LogP contribution in [0.25, 0.3) is 0 Å². The van der Waals surface area contributed by atoms with Gasteiger partial charge in [0.2, 0.25) is 5.91 Å². The molecule has 1 aliphatic heterocycles. The van der Waals surface area contributed by atoms with E-state index in [1.165, 1.54) is 12.1 Å². The van der Waals surface area contributed by atoms with E-state index in [9.17, 15) is 14.3 Å². The van der Waals surface area contributed by atoms with Crippen molar-refractivity contribution in [3.63, 3.8) is 0 Å². The van der Waals surface area contributed by atoms with Gasteiger partial charge in [-0.15, -0.1) is 0 Å². The Morgan fingerprint density at radius 3 is 2.84 bits per heavy atom. The molecule has 25 heavy (non-hydrogen) atoms. The van der Waals surface area contributed by atoms with Crippen molar-refractivity contribution in [2.75, 3.05) is 19.8 Å². The van der Waals surface area contributed by atoms with Gasteiger partial charge in [-0.25, -0.2) is 4.39 Å². The maximum atomic E-state index is 13.4. The van der Waals surface area contributed by atoms with Crippen molar-refractivity contribution in [2.24, 2.45) is 5.92 Å². The third-order valence-corrected chi connectivity index (χ3v) is 4.57. The number of aliphatic hydroxyl groups excluding tert-OH is 1. The van der Waals surface area contributed by atoms with Crippen LogP contribution in [0.3, 0.4) is 0 Å². The molecule has 2 N–H and O–H groups in total. The van der Waals surface area contributed by atoms with Crippen LogP contribution >= 0.6 is 0 Å². The van der Waals surface area contributed by atoms with Crippen LogP contribution in [0, 0.1) is 11.7 Å². The van der Waals surface area contributed by atoms with Crippen molar-refractivity contribution in [3.05, 3.63) is 65.5 Å². The van der Waals surface area contributed by atoms with E-state index in [1.54, 1.807) is 6.07 Å². The SMILES string of the molecule is O=C(NCC(CCO)c1ccccc1)C1COc2ccc(F)cc2C1. The van der Waals surface area contributed by atoms with Crippen molar-refractivity contribution in [2.45, 2.75) is 18.8 Å². The van der Waals surface area contributed by atoms with Gasteiger partial charge >= 0.3 is 0 Å². The van der Waals surface area contributed by atoms with Gasteiger partial charge < -0.3 is 15.2 Å². The molecule has 2 atom stereocenters. The first kappa shape index (κ1) is 17.4. The van der Waals surface area contributed by atoms with E-state index >= 15 is 0 Å². The van der Waals surface area contributed by atoms with Gasteiger partial charge in [-0.1, -0.05) is 30.3 Å². The molecule has 2 aromatic carbocycles. The molecule has 132 valence electrons. The lowest BCUT2D eigenvalue weighted by atomic mass is 9.94. The van der Waals surface area contributed by atoms with Gasteiger partial charge in [-0.05, 0) is 42.2 Å². The molecule has 1 heterocycles. The zero-order valence-electron chi connectivity index (χ0n) is 14.0. The van der Waals surface area contributed by atoms with Crippen LogP contribution in [0.5, 0.6) is 5.75 Å². The van der Waals surface area contributed by atoms with E-state index in [-0.39, 0.29) is 30.2 Å². The van der Waals surface area contributed by atoms with Crippen LogP contribution in [0.2, 0.25) is 0 Å². The van der Waals surface area contributed by atoms with E-state index in [0.29, 0.717) is 31.7 Å². The number of rotatable bonds is 6. The molecule has 0 fully saturated rings. The Balaban J connectivity index is 1.60. The number of amides is 1. The third-order valence-electron chi connectivity index (χ3n) is 4.57. The summed E-state index contributed by atoms with van der Waals surface area (Å²) in [5.41, 5.74) is 1.81. The Bertz CT molecular complexity index is 720. The number of carbonyl (C=O) groups excluding carboxylic acids is 1. The van der Waals surface area contributed by atoms with Crippen LogP contribution in [0.4, 0.5) is 4.39 Å². The minimum atomic E-state index is -0.333. The van der Waals surface area contributed by atoms with E-state index in [0.717, 1.165) is 11.1 Å². The monoisotopic (exact) mass is 343 g/mol. The molecule has 0 bridgehead atoms. The highest BCUT2D eigenvalue weighted by molar-refractivity contribution is 5.79. The van der Waals surface area contributed by atoms with Gasteiger partial charge in [-0.3, -0.25) is 4.79 Å². The molecule has 0 saturated carbocycles. The smallest absolute Gasteiger partial charge is 0.226 e. The summed E-state index contributed by atoms with van der Waals surface area (Å²) >= 11 is 0. The lowest BCUT2D eigenvalue weighted by molar-refractivity contribution is -0.126. The second-order valence-electron chi connectivity index (χ2n) is 6.33. The van der Waals surface area contributed by atoms with Crippen LogP contribution in [0.1, 0.15) is 23.5 Å². The Morgan fingerprint density at radius 2 is 2.08 bits per heavy atom. The lowest BCUT2D eigenvalue weighted by Crippen LogP contribution is -2.39. The summed E-state index contributed by atoms with van der Waals surface area (Å²) in [6.07, 6.45) is 1.05. The van der Waals surface area contributed by atoms with Gasteiger partial charge in [0, 0.05) is 19.1 Å². The van der Waals surface area contributed by atoms with E-state index in [4.69, 9.17) is 4.74 Å². The molecular formula is C20H22FNO3. The summed E-state index contributed by atoms with van der Waals surface area (Å²) in [7, 11) is 0. The van der Waals surface area contributed by atoms with E-state index in [1.807, 2.05) is 30.3 Å². The zero-order chi connectivity index (χ0) is 17.6. The van der Waals surface area contributed by atoms with Crippen LogP contribution in [-0.4, -0.2) is 30.8 Å². The van der Waals surface area contributed by atoms with Gasteiger partial charge in [0.05, 0.1) is 5.92 Å². The van der Waals surface area contributed by atoms with Gasteiger partial charge in [0.15, 0.2) is 0 Å². The van der Waals surface area contributed by atoms with Gasteiger partial charge in [0.1, 0.15) is 18.2 Å². The Kier molecular flexibility index (Phi) is 5.66. The van der Waals surface area contributed by atoms with Gasteiger partial charge in [-0.2, -0.15) is 0 Å². The zero-order valence-corrected chi connectivity index (χ0v) is 14.0. The lowest BCUT2D eigenvalue weighted by Gasteiger charge is -2.25. The van der Waals surface area contributed by atoms with Crippen molar-refractivity contribution in [3.8, 4) is 5.75 Å². The molecule has 2 unspecified atom stereocenters. The first-order chi connectivity index (χ1) is 12.2. The summed E-state index contributed by atoms with van der Waals surface area (Å²) in [5, 5.41) is 12.2. The predicted octanol–water partition coefficient (Wildman–Crippen LogP) is 2.66. The number of ether oxygens (including phenoxy) is 1. The molecule has 1 aliphatic rings. The molecule has 3 rings (SSSR count). The first-order valence-corrected chi connectivity index (χ1v) is 8.52. The number of fused-ring (bicyclic) bond motifs is 1. The average molecular weight is 343 g/mol. The standard InChI is InChI=1S/C20H22FNO3/c21-18-6-7-19-16(11-18)10-17(13-25-19)20(24)22-12-15(8-9-23)14-4-2-1-3-5-14/h1-7,11,15,17,23H,8-10,12-13H2,(H,22,24). The molecule has 0 aliphatic carbocycles. The van der Waals surface area contributed by atoms with E-state index in [2.05, 4.69) is 5.32 Å². The first-order valence-electron chi connectivity index (χ1n) is 8.52. The fraction of sp³-hybridized carbons (Fsp3) is 0.350. The maximum Gasteiger partial charge on any atom is 0.226 e. The number of hydrogen-bond donors (Lipinski definition) is 2. The largest absolute Gasteiger partial charge is 0.492 e. The fourth-order valence-corrected chi connectivity index (χ4v) is 3.17. The fourth-order valence-electron chi connectivity index (χ4n) is 3.17. The molecular weight excluding hydrogens is 321 g/mol. The molecule has 0 aromatic heterocycles. The summed E-state index contributed by atoms with van der Waals surface area (Å²) in [5.74, 6) is -0.0543. The predicted molar refractivity (Wildman–Crippen MR) is 93.0 cm³/mol. The van der Waals surface area contributed by atoms with Crippen molar-refractivity contribution >= 4 is 5.91 Å². The second kappa shape index (κ2) is 8.12. The van der Waals surface area contributed by atoms with Crippen LogP contribution in [-0.2, 0) is 11.2 Å². The highest BCUT2D eigenvalue weighted by atomic mass is 19.1. The Labute approximate surface area is 146 Å². The quantitative estimate of drug-likeness (QED) is 0.848. The van der Waals surface area contributed by atoms with Gasteiger partial charge in [0.25, 0.3) is 0 Å². The maximum absolute atomic E-state index is 13.4. The number of carbonyl (C=O) groups is 1. The topological polar surface area (TPSA) is 58.6 Å². The van der Waals surface area contributed by atoms with Crippen molar-refractivity contribution in [1.29, 1.82) is 0 Å². The molecule has 0 spiro atoms. The Morgan fingerprint density at radius 1 is 1.28 bits per heavy atom. The molecule has 2 aromatic rings. The van der Waals surface area contributed by atoms with Crippen LogP contribution < -0.4 is 10.1 Å². The summed E-state index contributed by atoms with van der Waals surface area (Å²) in [4.78, 5) is 12.5. The van der Waals surface area contributed by atoms with E-state index < -0.39 is 0 Å². The third kappa shape index (κ3) is 4.37. The number of hydrogen-bond acceptors (Lipinski definition) is 3. The minimum Gasteiger partial charge on any atom is -0.492 e. The highest BCUT2D eigenvalue weighted by Gasteiger charge is 2.26. The molecule has 4 nitrogen and oxygen atoms in total. The number of nitrogens with one attached hydrogen (secondary N) is 1. The highest BCUT2D eigenvalue weighted by Crippen LogP contribution is 2.28. The molecule has 0 radical (unpaired) electrons. The Hall–Kier alpha value is -2.40. The normalized spacial score (nSPS) is 17.3. The number of aliphatic hydroxyl groups is 1. The van der Waals surface area contributed by atoms with Crippen molar-refractivity contribution in [1.82, 2.24) is 5.32 Å². The second-order valence-corrected chi connectivity index (χ2v) is 6.33. The minimum absolute atomic E-state index is 0.0596. The summed E-state index contributed by atoms with van der Waals surface area (Å²) in [6, 6.07) is 14.2. The average Bonchev–Trinajstić information content (AvgIpc) is 2.65.